The second-order valence-corrected chi connectivity index (χ2v) is 11.9. The van der Waals surface area contributed by atoms with Gasteiger partial charge in [-0.15, -0.1) is 11.3 Å². The molecule has 0 radical (unpaired) electrons. The number of rotatable bonds is 7. The molecule has 0 bridgehead atoms. The number of likely N-dealkylation sites (tertiary alicyclic amines) is 1. The van der Waals surface area contributed by atoms with Crippen molar-refractivity contribution in [1.29, 1.82) is 0 Å². The van der Waals surface area contributed by atoms with E-state index in [-0.39, 0.29) is 11.9 Å². The van der Waals surface area contributed by atoms with Gasteiger partial charge in [-0.1, -0.05) is 46.0 Å². The van der Waals surface area contributed by atoms with E-state index in [1.807, 2.05) is 24.4 Å². The maximum absolute atomic E-state index is 13.4. The van der Waals surface area contributed by atoms with E-state index in [1.165, 1.54) is 11.3 Å². The van der Waals surface area contributed by atoms with Gasteiger partial charge in [0.2, 0.25) is 0 Å². The number of hydrogen-bond donors (Lipinski definition) is 1. The maximum atomic E-state index is 13.4. The van der Waals surface area contributed by atoms with Gasteiger partial charge in [-0.05, 0) is 51.0 Å². The number of benzene rings is 1. The van der Waals surface area contributed by atoms with Crippen molar-refractivity contribution in [2.24, 2.45) is 0 Å². The van der Waals surface area contributed by atoms with Crippen molar-refractivity contribution in [1.82, 2.24) is 25.2 Å². The Balaban J connectivity index is 1.40. The van der Waals surface area contributed by atoms with Crippen LogP contribution in [0.5, 0.6) is 0 Å². The average molecular weight is 579 g/mol. The van der Waals surface area contributed by atoms with Gasteiger partial charge in [-0.2, -0.15) is 5.10 Å². The minimum atomic E-state index is -0.225. The molecule has 1 saturated heterocycles. The van der Waals surface area contributed by atoms with E-state index in [0.717, 1.165) is 30.8 Å². The molecule has 5 rings (SSSR count). The molecule has 0 spiro atoms. The van der Waals surface area contributed by atoms with Gasteiger partial charge in [-0.25, -0.2) is 0 Å². The summed E-state index contributed by atoms with van der Waals surface area (Å²) in [6.07, 6.45) is 3.61. The van der Waals surface area contributed by atoms with Crippen molar-refractivity contribution in [2.75, 3.05) is 13.1 Å². The fraction of sp³-hybridized carbons (Fsp3) is 0.346. The predicted molar refractivity (Wildman–Crippen MR) is 149 cm³/mol. The number of hydrogen-bond acceptors (Lipinski definition) is 6. The lowest BCUT2D eigenvalue weighted by molar-refractivity contribution is 0.0895. The average Bonchev–Trinajstić information content (AvgIpc) is 3.60. The van der Waals surface area contributed by atoms with Crippen molar-refractivity contribution >= 4 is 52.0 Å². The topological polar surface area (TPSA) is 76.2 Å². The zero-order valence-corrected chi connectivity index (χ0v) is 23.5. The van der Waals surface area contributed by atoms with Crippen LogP contribution in [0.2, 0.25) is 14.4 Å². The lowest BCUT2D eigenvalue weighted by Crippen LogP contribution is -2.46. The number of carbonyl (C=O) groups excluding carboxylic acids is 1. The van der Waals surface area contributed by atoms with Gasteiger partial charge in [0, 0.05) is 53.6 Å². The fourth-order valence-corrected chi connectivity index (χ4v) is 6.01. The number of nitrogens with one attached hydrogen (secondary N) is 1. The van der Waals surface area contributed by atoms with Crippen molar-refractivity contribution in [3.8, 4) is 21.8 Å². The van der Waals surface area contributed by atoms with Gasteiger partial charge in [0.15, 0.2) is 11.5 Å². The summed E-state index contributed by atoms with van der Waals surface area (Å²) in [5.41, 5.74) is 2.30. The zero-order chi connectivity index (χ0) is 26.1. The van der Waals surface area contributed by atoms with E-state index in [9.17, 15) is 4.79 Å². The first kappa shape index (κ1) is 26.3. The Labute approximate surface area is 234 Å². The lowest BCUT2D eigenvalue weighted by atomic mass is 10.0. The van der Waals surface area contributed by atoms with Crippen LogP contribution in [0, 0.1) is 0 Å². The molecule has 3 aromatic heterocycles. The summed E-state index contributed by atoms with van der Waals surface area (Å²) >= 11 is 20.1. The van der Waals surface area contributed by atoms with E-state index in [4.69, 9.17) is 39.3 Å². The number of nitrogens with zero attached hydrogens (tertiary/aromatic N) is 4. The molecule has 0 unspecified atom stereocenters. The van der Waals surface area contributed by atoms with Gasteiger partial charge in [0.05, 0.1) is 20.8 Å². The first-order valence-corrected chi connectivity index (χ1v) is 14.0. The third-order valence-corrected chi connectivity index (χ3v) is 8.29. The van der Waals surface area contributed by atoms with Crippen LogP contribution in [0.25, 0.3) is 21.8 Å². The third kappa shape index (κ3) is 6.04. The van der Waals surface area contributed by atoms with Gasteiger partial charge in [-0.3, -0.25) is 9.48 Å². The predicted octanol–water partition coefficient (Wildman–Crippen LogP) is 6.88. The van der Waals surface area contributed by atoms with Crippen LogP contribution in [0.4, 0.5) is 0 Å². The van der Waals surface area contributed by atoms with E-state index >= 15 is 0 Å². The van der Waals surface area contributed by atoms with Crippen LogP contribution < -0.4 is 5.32 Å². The largest absolute Gasteiger partial charge is 0.355 e. The van der Waals surface area contributed by atoms with E-state index in [0.29, 0.717) is 55.2 Å². The SMILES string of the molecule is CC(C)N1CCC(NC(=O)c2nn(Cc3cc(-c4ccc(Cl)s4)on3)cc2-c2ccc(Cl)cc2Cl)CC1. The molecule has 0 atom stereocenters. The molecule has 4 aromatic rings. The highest BCUT2D eigenvalue weighted by Crippen LogP contribution is 2.34. The number of aromatic nitrogens is 3. The van der Waals surface area contributed by atoms with Gasteiger partial charge >= 0.3 is 0 Å². The highest BCUT2D eigenvalue weighted by atomic mass is 35.5. The number of amides is 1. The molecule has 1 aromatic carbocycles. The summed E-state index contributed by atoms with van der Waals surface area (Å²) in [5, 5.41) is 13.0. The van der Waals surface area contributed by atoms with Gasteiger partial charge in [0.1, 0.15) is 5.69 Å². The smallest absolute Gasteiger partial charge is 0.272 e. The first-order valence-electron chi connectivity index (χ1n) is 12.1. The first-order chi connectivity index (χ1) is 17.8. The number of thiophene rings is 1. The maximum Gasteiger partial charge on any atom is 0.272 e. The molecule has 194 valence electrons. The molecule has 1 N–H and O–H groups in total. The van der Waals surface area contributed by atoms with Crippen molar-refractivity contribution < 1.29 is 9.32 Å². The van der Waals surface area contributed by atoms with Crippen molar-refractivity contribution in [3.05, 3.63) is 68.4 Å². The van der Waals surface area contributed by atoms with Gasteiger partial charge < -0.3 is 14.7 Å². The zero-order valence-electron chi connectivity index (χ0n) is 20.4. The minimum Gasteiger partial charge on any atom is -0.355 e. The highest BCUT2D eigenvalue weighted by Gasteiger charge is 2.26. The van der Waals surface area contributed by atoms with Crippen LogP contribution >= 0.6 is 46.1 Å². The number of carbonyl (C=O) groups is 1. The molecule has 1 fully saturated rings. The molecule has 1 amide bonds. The molecular weight excluding hydrogens is 553 g/mol. The van der Waals surface area contributed by atoms with Crippen molar-refractivity contribution in [3.63, 3.8) is 0 Å². The Kier molecular flexibility index (Phi) is 7.93. The summed E-state index contributed by atoms with van der Waals surface area (Å²) in [6.45, 7) is 6.62. The molecule has 1 aliphatic rings. The standard InChI is InChI=1S/C26H26Cl3N5O2S/c1-15(2)33-9-7-17(8-10-33)30-26(35)25-20(19-4-3-16(27)11-21(19)28)14-34(31-25)13-18-12-22(36-32-18)23-5-6-24(29)37-23/h3-6,11-12,14-15,17H,7-10,13H2,1-2H3,(H,30,35). The van der Waals surface area contributed by atoms with Crippen LogP contribution in [0.1, 0.15) is 42.9 Å². The normalized spacial score (nSPS) is 15.0. The number of halogens is 3. The molecule has 0 saturated carbocycles. The Hall–Kier alpha value is -2.36. The summed E-state index contributed by atoms with van der Waals surface area (Å²) in [6, 6.07) is 11.4. The van der Waals surface area contributed by atoms with Gasteiger partial charge in [0.25, 0.3) is 5.91 Å². The van der Waals surface area contributed by atoms with E-state index < -0.39 is 0 Å². The van der Waals surface area contributed by atoms with Crippen LogP contribution in [0.3, 0.4) is 0 Å². The van der Waals surface area contributed by atoms with E-state index in [1.54, 1.807) is 22.9 Å². The van der Waals surface area contributed by atoms with E-state index in [2.05, 4.69) is 34.3 Å². The Bertz CT molecular complexity index is 1400. The summed E-state index contributed by atoms with van der Waals surface area (Å²) in [5.74, 6) is 0.405. The van der Waals surface area contributed by atoms with Crippen LogP contribution in [-0.4, -0.2) is 50.9 Å². The second kappa shape index (κ2) is 11.2. The monoisotopic (exact) mass is 577 g/mol. The third-order valence-electron chi connectivity index (χ3n) is 6.49. The lowest BCUT2D eigenvalue weighted by Gasteiger charge is -2.34. The van der Waals surface area contributed by atoms with Crippen LogP contribution in [0.15, 0.2) is 47.1 Å². The molecule has 4 heterocycles. The molecule has 0 aliphatic carbocycles. The Morgan fingerprint density at radius 3 is 2.59 bits per heavy atom. The number of piperidine rings is 1. The molecule has 11 heteroatoms. The molecular formula is C26H26Cl3N5O2S. The summed E-state index contributed by atoms with van der Waals surface area (Å²) < 4.78 is 7.86. The highest BCUT2D eigenvalue weighted by molar-refractivity contribution is 7.19. The summed E-state index contributed by atoms with van der Waals surface area (Å²) in [4.78, 5) is 16.8. The van der Waals surface area contributed by atoms with Crippen LogP contribution in [-0.2, 0) is 6.54 Å². The molecule has 37 heavy (non-hydrogen) atoms. The summed E-state index contributed by atoms with van der Waals surface area (Å²) in [7, 11) is 0. The Morgan fingerprint density at radius 2 is 1.92 bits per heavy atom. The molecule has 7 nitrogen and oxygen atoms in total. The minimum absolute atomic E-state index is 0.0944. The van der Waals surface area contributed by atoms with Crippen molar-refractivity contribution in [2.45, 2.75) is 45.3 Å². The molecule has 1 aliphatic heterocycles. The Morgan fingerprint density at radius 1 is 1.14 bits per heavy atom. The fourth-order valence-electron chi connectivity index (χ4n) is 4.50. The quantitative estimate of drug-likeness (QED) is 0.259. The second-order valence-electron chi connectivity index (χ2n) is 9.38.